The molecule has 3 aliphatic rings. The van der Waals surface area contributed by atoms with E-state index in [0.29, 0.717) is 35.4 Å². The Labute approximate surface area is 223 Å². The Morgan fingerprint density at radius 1 is 1.24 bits per heavy atom. The van der Waals surface area contributed by atoms with E-state index in [9.17, 15) is 19.6 Å². The third-order valence-electron chi connectivity index (χ3n) is 7.62. The van der Waals surface area contributed by atoms with Crippen LogP contribution >= 0.6 is 23.7 Å². The van der Waals surface area contributed by atoms with Gasteiger partial charge in [-0.3, -0.25) is 24.3 Å². The highest BCUT2D eigenvalue weighted by atomic mass is 35.5. The van der Waals surface area contributed by atoms with E-state index < -0.39 is 0 Å². The molecule has 37 heavy (non-hydrogen) atoms. The summed E-state index contributed by atoms with van der Waals surface area (Å²) in [4.78, 5) is 49.9. The summed E-state index contributed by atoms with van der Waals surface area (Å²) in [6.07, 6.45) is 1.66. The molecule has 2 atom stereocenters. The quantitative estimate of drug-likeness (QED) is 0.480. The van der Waals surface area contributed by atoms with Crippen LogP contribution in [0.4, 0.5) is 0 Å². The number of halogens is 1. The van der Waals surface area contributed by atoms with Crippen LogP contribution in [0.25, 0.3) is 21.3 Å². The fourth-order valence-corrected chi connectivity index (χ4v) is 6.60. The van der Waals surface area contributed by atoms with Gasteiger partial charge in [0.25, 0.3) is 5.91 Å². The molecule has 0 bridgehead atoms. The number of carbonyl (C=O) groups is 3. The molecule has 0 radical (unpaired) electrons. The van der Waals surface area contributed by atoms with E-state index in [1.807, 2.05) is 26.0 Å². The molecule has 0 aromatic carbocycles. The van der Waals surface area contributed by atoms with Crippen molar-refractivity contribution in [2.45, 2.75) is 33.4 Å². The first-order valence-electron chi connectivity index (χ1n) is 11.9. The van der Waals surface area contributed by atoms with Crippen LogP contribution < -0.4 is 10.6 Å². The number of amides is 3. The van der Waals surface area contributed by atoms with Crippen LogP contribution in [0.3, 0.4) is 0 Å². The van der Waals surface area contributed by atoms with Crippen LogP contribution in [-0.2, 0) is 16.1 Å². The maximum Gasteiger partial charge on any atom is 0.254 e. The molecular formula is C26H25ClN6O3S. The number of hydrogen-bond acceptors (Lipinski definition) is 8. The van der Waals surface area contributed by atoms with Crippen molar-refractivity contribution in [2.75, 3.05) is 13.1 Å². The smallest absolute Gasteiger partial charge is 0.254 e. The van der Waals surface area contributed by atoms with Crippen molar-refractivity contribution < 1.29 is 14.4 Å². The van der Waals surface area contributed by atoms with Gasteiger partial charge in [0, 0.05) is 35.3 Å². The largest absolute Gasteiger partial charge is 0.347 e. The standard InChI is InChI=1S/C26H24N6O3S.ClH/c1-12-19(23(33)31-14-9-28-10-14)17(6-13(8-27)30-12)16-4-5-29-18-7-15(36-22(16)18)11-32-24(34)20-21(25(32)35)26(20,2)3;/h4-7,14,20-21,28H,9-11H2,1-3H3,(H,31,33);1H. The second kappa shape index (κ2) is 8.87. The molecule has 2 unspecified atom stereocenters. The summed E-state index contributed by atoms with van der Waals surface area (Å²) in [6.45, 7) is 7.30. The highest BCUT2D eigenvalue weighted by molar-refractivity contribution is 7.19. The van der Waals surface area contributed by atoms with Crippen molar-refractivity contribution >= 4 is 51.7 Å². The lowest BCUT2D eigenvalue weighted by molar-refractivity contribution is -0.143. The molecule has 2 aliphatic heterocycles. The molecule has 5 heterocycles. The topological polar surface area (TPSA) is 128 Å². The molecule has 3 amide bonds. The number of imide groups is 1. The minimum atomic E-state index is -0.246. The zero-order valence-corrected chi connectivity index (χ0v) is 22.1. The molecule has 3 fully saturated rings. The van der Waals surface area contributed by atoms with E-state index in [-0.39, 0.29) is 65.7 Å². The fraction of sp³-hybridized carbons (Fsp3) is 0.385. The lowest BCUT2D eigenvalue weighted by Gasteiger charge is -2.28. The number of hydrogen-bond donors (Lipinski definition) is 2. The van der Waals surface area contributed by atoms with Crippen LogP contribution in [0, 0.1) is 35.5 Å². The predicted molar refractivity (Wildman–Crippen MR) is 140 cm³/mol. The van der Waals surface area contributed by atoms with Gasteiger partial charge in [-0.1, -0.05) is 13.8 Å². The van der Waals surface area contributed by atoms with E-state index in [1.165, 1.54) is 16.2 Å². The second-order valence-corrected chi connectivity index (χ2v) is 11.4. The molecule has 2 saturated heterocycles. The van der Waals surface area contributed by atoms with E-state index in [4.69, 9.17) is 0 Å². The van der Waals surface area contributed by atoms with Gasteiger partial charge in [0.1, 0.15) is 11.8 Å². The molecule has 1 saturated carbocycles. The maximum atomic E-state index is 13.2. The van der Waals surface area contributed by atoms with Crippen molar-refractivity contribution in [3.63, 3.8) is 0 Å². The average molecular weight is 537 g/mol. The summed E-state index contributed by atoms with van der Waals surface area (Å²) in [6, 6.07) is 7.49. The zero-order valence-electron chi connectivity index (χ0n) is 20.5. The van der Waals surface area contributed by atoms with Crippen LogP contribution in [0.15, 0.2) is 24.4 Å². The Balaban J connectivity index is 0.00000280. The lowest BCUT2D eigenvalue weighted by Crippen LogP contribution is -2.57. The van der Waals surface area contributed by atoms with Crippen LogP contribution in [0.5, 0.6) is 0 Å². The van der Waals surface area contributed by atoms with E-state index in [2.05, 4.69) is 26.7 Å². The molecule has 9 nitrogen and oxygen atoms in total. The van der Waals surface area contributed by atoms with Crippen molar-refractivity contribution in [1.29, 1.82) is 5.26 Å². The number of rotatable bonds is 5. The Morgan fingerprint density at radius 3 is 2.57 bits per heavy atom. The lowest BCUT2D eigenvalue weighted by atomic mass is 9.97. The van der Waals surface area contributed by atoms with Crippen molar-refractivity contribution in [3.05, 3.63) is 46.2 Å². The predicted octanol–water partition coefficient (Wildman–Crippen LogP) is 2.80. The number of piperidine rings is 1. The van der Waals surface area contributed by atoms with Gasteiger partial charge in [-0.05, 0) is 30.5 Å². The van der Waals surface area contributed by atoms with Gasteiger partial charge in [-0.25, -0.2) is 4.98 Å². The molecule has 1 aliphatic carbocycles. The third-order valence-corrected chi connectivity index (χ3v) is 8.76. The van der Waals surface area contributed by atoms with E-state index >= 15 is 0 Å². The third kappa shape index (κ3) is 3.89. The van der Waals surface area contributed by atoms with Gasteiger partial charge in [0.2, 0.25) is 11.8 Å². The van der Waals surface area contributed by atoms with Crippen molar-refractivity contribution in [3.8, 4) is 17.2 Å². The Bertz CT molecular complexity index is 1500. The van der Waals surface area contributed by atoms with Crippen LogP contribution in [0.1, 0.15) is 40.5 Å². The molecule has 3 aromatic heterocycles. The summed E-state index contributed by atoms with van der Waals surface area (Å²) < 4.78 is 0.825. The van der Waals surface area contributed by atoms with Crippen molar-refractivity contribution in [2.24, 2.45) is 17.3 Å². The minimum Gasteiger partial charge on any atom is -0.347 e. The van der Waals surface area contributed by atoms with E-state index in [1.54, 1.807) is 19.2 Å². The summed E-state index contributed by atoms with van der Waals surface area (Å²) in [5, 5.41) is 15.7. The molecule has 2 N–H and O–H groups in total. The van der Waals surface area contributed by atoms with Crippen LogP contribution in [-0.4, -0.2) is 51.7 Å². The number of nitriles is 1. The SMILES string of the molecule is Cc1nc(C#N)cc(-c2ccnc3cc(CN4C(=O)C5C(C4=O)C5(C)C)sc23)c1C(=O)NC1CNC1.Cl. The molecule has 0 spiro atoms. The first-order valence-corrected chi connectivity index (χ1v) is 12.7. The number of aryl methyl sites for hydroxylation is 1. The second-order valence-electron chi connectivity index (χ2n) is 10.3. The number of pyridine rings is 2. The molecule has 6 rings (SSSR count). The summed E-state index contributed by atoms with van der Waals surface area (Å²) in [5.74, 6) is -0.877. The van der Waals surface area contributed by atoms with Crippen molar-refractivity contribution in [1.82, 2.24) is 25.5 Å². The number of nitrogens with one attached hydrogen (secondary N) is 2. The maximum absolute atomic E-state index is 13.2. The summed E-state index contributed by atoms with van der Waals surface area (Å²) in [5.41, 5.74) is 2.96. The van der Waals surface area contributed by atoms with Gasteiger partial charge >= 0.3 is 0 Å². The van der Waals surface area contributed by atoms with Gasteiger partial charge in [0.15, 0.2) is 0 Å². The number of fused-ring (bicyclic) bond motifs is 2. The van der Waals surface area contributed by atoms with Gasteiger partial charge in [-0.15, -0.1) is 23.7 Å². The zero-order chi connectivity index (χ0) is 25.4. The molecule has 11 heteroatoms. The number of likely N-dealkylation sites (tertiary alicyclic amines) is 1. The molecule has 3 aromatic rings. The molecule has 190 valence electrons. The average Bonchev–Trinajstić information content (AvgIpc) is 3.06. The highest BCUT2D eigenvalue weighted by Crippen LogP contribution is 2.63. The van der Waals surface area contributed by atoms with Gasteiger partial charge in [-0.2, -0.15) is 5.26 Å². The van der Waals surface area contributed by atoms with Gasteiger partial charge in [0.05, 0.1) is 45.9 Å². The number of carbonyl (C=O) groups excluding carboxylic acids is 3. The monoisotopic (exact) mass is 536 g/mol. The Kier molecular flexibility index (Phi) is 6.06. The summed E-state index contributed by atoms with van der Waals surface area (Å²) >= 11 is 1.44. The Hall–Kier alpha value is -3.39. The normalized spacial score (nSPS) is 21.7. The number of thiophene rings is 1. The Morgan fingerprint density at radius 2 is 1.95 bits per heavy atom. The number of nitrogens with zero attached hydrogens (tertiary/aromatic N) is 4. The van der Waals surface area contributed by atoms with Crippen LogP contribution in [0.2, 0.25) is 0 Å². The highest BCUT2D eigenvalue weighted by Gasteiger charge is 2.72. The summed E-state index contributed by atoms with van der Waals surface area (Å²) in [7, 11) is 0. The first-order chi connectivity index (χ1) is 17.2. The van der Waals surface area contributed by atoms with Gasteiger partial charge < -0.3 is 10.6 Å². The minimum absolute atomic E-state index is 0. The number of aromatic nitrogens is 2. The molecular weight excluding hydrogens is 512 g/mol. The fourth-order valence-electron chi connectivity index (χ4n) is 5.47. The first kappa shape index (κ1) is 25.3. The van der Waals surface area contributed by atoms with E-state index in [0.717, 1.165) is 15.1 Å².